The van der Waals surface area contributed by atoms with Gasteiger partial charge >= 0.3 is 0 Å². The molecule has 4 heteroatoms. The third kappa shape index (κ3) is 3.53. The fourth-order valence-corrected chi connectivity index (χ4v) is 3.20. The van der Waals surface area contributed by atoms with E-state index in [1.54, 1.807) is 6.20 Å². The van der Waals surface area contributed by atoms with Crippen molar-refractivity contribution in [2.45, 2.75) is 50.7 Å². The van der Waals surface area contributed by atoms with Crippen LogP contribution in [0.1, 0.15) is 44.2 Å². The van der Waals surface area contributed by atoms with Crippen molar-refractivity contribution < 1.29 is 5.11 Å². The molecule has 1 aliphatic heterocycles. The first-order valence-corrected chi connectivity index (χ1v) is 7.26. The van der Waals surface area contributed by atoms with Gasteiger partial charge in [0, 0.05) is 31.1 Å². The summed E-state index contributed by atoms with van der Waals surface area (Å²) in [4.78, 5) is 6.70. The van der Waals surface area contributed by atoms with Gasteiger partial charge in [0.2, 0.25) is 0 Å². The maximum atomic E-state index is 9.26. The molecule has 0 bridgehead atoms. The van der Waals surface area contributed by atoms with E-state index >= 15 is 0 Å². The molecule has 3 unspecified atom stereocenters. The molecule has 0 amide bonds. The van der Waals surface area contributed by atoms with E-state index in [-0.39, 0.29) is 18.7 Å². The molecule has 19 heavy (non-hydrogen) atoms. The molecule has 4 nitrogen and oxygen atoms in total. The van der Waals surface area contributed by atoms with E-state index in [2.05, 4.69) is 22.9 Å². The number of hydrogen-bond acceptors (Lipinski definition) is 4. The molecular weight excluding hydrogens is 238 g/mol. The molecule has 0 saturated carbocycles. The van der Waals surface area contributed by atoms with Crippen molar-refractivity contribution in [3.63, 3.8) is 0 Å². The molecule has 3 N–H and O–H groups in total. The van der Waals surface area contributed by atoms with Gasteiger partial charge in [-0.25, -0.2) is 0 Å². The number of rotatable bonds is 5. The first-order valence-electron chi connectivity index (χ1n) is 7.26. The summed E-state index contributed by atoms with van der Waals surface area (Å²) < 4.78 is 0. The van der Waals surface area contributed by atoms with Crippen LogP contribution >= 0.6 is 0 Å². The summed E-state index contributed by atoms with van der Waals surface area (Å²) in [7, 11) is 0. The first kappa shape index (κ1) is 14.4. The van der Waals surface area contributed by atoms with Crippen molar-refractivity contribution in [2.75, 3.05) is 13.2 Å². The van der Waals surface area contributed by atoms with Crippen LogP contribution in [-0.4, -0.2) is 40.2 Å². The first-order chi connectivity index (χ1) is 9.24. The molecule has 3 atom stereocenters. The minimum atomic E-state index is 0.0588. The average Bonchev–Trinajstić information content (AvgIpc) is 2.42. The Morgan fingerprint density at radius 1 is 1.53 bits per heavy atom. The molecule has 1 saturated heterocycles. The molecular formula is C15H25N3O. The Morgan fingerprint density at radius 2 is 2.37 bits per heavy atom. The Balaban J connectivity index is 2.22. The van der Waals surface area contributed by atoms with Gasteiger partial charge in [-0.1, -0.05) is 12.5 Å². The molecule has 0 aliphatic carbocycles. The van der Waals surface area contributed by atoms with E-state index in [1.807, 2.05) is 12.3 Å². The lowest BCUT2D eigenvalue weighted by Gasteiger charge is -2.43. The zero-order valence-electron chi connectivity index (χ0n) is 11.7. The predicted octanol–water partition coefficient (Wildman–Crippen LogP) is 1.71. The van der Waals surface area contributed by atoms with Crippen molar-refractivity contribution in [1.82, 2.24) is 9.88 Å². The standard InChI is InChI=1S/C15H25N3O/c1-12(16)15(13-5-4-8-17-11-13)18-9-3-2-6-14(18)7-10-19/h4-5,8,11-12,14-15,19H,2-3,6-7,9-10,16H2,1H3. The Hall–Kier alpha value is -0.970. The average molecular weight is 263 g/mol. The van der Waals surface area contributed by atoms with Gasteiger partial charge in [0.25, 0.3) is 0 Å². The van der Waals surface area contributed by atoms with E-state index in [1.165, 1.54) is 18.4 Å². The van der Waals surface area contributed by atoms with Gasteiger partial charge in [-0.2, -0.15) is 0 Å². The molecule has 1 aromatic heterocycles. The highest BCUT2D eigenvalue weighted by molar-refractivity contribution is 5.16. The van der Waals surface area contributed by atoms with Gasteiger partial charge in [-0.15, -0.1) is 0 Å². The van der Waals surface area contributed by atoms with Crippen LogP contribution in [0, 0.1) is 0 Å². The minimum Gasteiger partial charge on any atom is -0.396 e. The van der Waals surface area contributed by atoms with Crippen molar-refractivity contribution in [3.05, 3.63) is 30.1 Å². The number of aromatic nitrogens is 1. The maximum Gasteiger partial charge on any atom is 0.0514 e. The molecule has 1 aliphatic rings. The highest BCUT2D eigenvalue weighted by Crippen LogP contribution is 2.31. The largest absolute Gasteiger partial charge is 0.396 e. The van der Waals surface area contributed by atoms with Crippen LogP contribution in [0.5, 0.6) is 0 Å². The summed E-state index contributed by atoms with van der Waals surface area (Å²) in [5.41, 5.74) is 7.41. The lowest BCUT2D eigenvalue weighted by Crippen LogP contribution is -2.48. The molecule has 0 spiro atoms. The Morgan fingerprint density at radius 3 is 3.00 bits per heavy atom. The molecule has 0 aromatic carbocycles. The third-order valence-corrected chi connectivity index (χ3v) is 4.02. The van der Waals surface area contributed by atoms with Gasteiger partial charge in [-0.3, -0.25) is 9.88 Å². The molecule has 1 fully saturated rings. The number of pyridine rings is 1. The van der Waals surface area contributed by atoms with Crippen molar-refractivity contribution in [2.24, 2.45) is 5.73 Å². The number of aliphatic hydroxyl groups excluding tert-OH is 1. The van der Waals surface area contributed by atoms with Gasteiger partial charge in [0.05, 0.1) is 6.04 Å². The highest BCUT2D eigenvalue weighted by atomic mass is 16.3. The summed E-state index contributed by atoms with van der Waals surface area (Å²) in [6, 6.07) is 4.77. The number of likely N-dealkylation sites (tertiary alicyclic amines) is 1. The van der Waals surface area contributed by atoms with Gasteiger partial charge in [-0.05, 0) is 44.4 Å². The normalized spacial score (nSPS) is 24.1. The Kier molecular flexibility index (Phi) is 5.31. The Labute approximate surface area is 115 Å². The number of nitrogens with zero attached hydrogens (tertiary/aromatic N) is 2. The van der Waals surface area contributed by atoms with Crippen LogP contribution in [0.25, 0.3) is 0 Å². The molecule has 2 heterocycles. The van der Waals surface area contributed by atoms with Crippen LogP contribution in [0.2, 0.25) is 0 Å². The zero-order chi connectivity index (χ0) is 13.7. The van der Waals surface area contributed by atoms with E-state index in [9.17, 15) is 5.11 Å². The van der Waals surface area contributed by atoms with Crippen LogP contribution in [0.3, 0.4) is 0 Å². The summed E-state index contributed by atoms with van der Waals surface area (Å²) >= 11 is 0. The van der Waals surface area contributed by atoms with E-state index in [0.29, 0.717) is 6.04 Å². The van der Waals surface area contributed by atoms with Crippen molar-refractivity contribution in [3.8, 4) is 0 Å². The number of aliphatic hydroxyl groups is 1. The van der Waals surface area contributed by atoms with Gasteiger partial charge < -0.3 is 10.8 Å². The highest BCUT2D eigenvalue weighted by Gasteiger charge is 2.31. The van der Waals surface area contributed by atoms with E-state index in [4.69, 9.17) is 5.73 Å². The second kappa shape index (κ2) is 6.98. The molecule has 0 radical (unpaired) electrons. The fraction of sp³-hybridized carbons (Fsp3) is 0.667. The quantitative estimate of drug-likeness (QED) is 0.849. The zero-order valence-corrected chi connectivity index (χ0v) is 11.7. The second-order valence-corrected chi connectivity index (χ2v) is 5.49. The van der Waals surface area contributed by atoms with Crippen molar-refractivity contribution in [1.29, 1.82) is 0 Å². The lowest BCUT2D eigenvalue weighted by atomic mass is 9.92. The smallest absolute Gasteiger partial charge is 0.0514 e. The summed E-state index contributed by atoms with van der Waals surface area (Å²) in [5, 5.41) is 9.26. The van der Waals surface area contributed by atoms with E-state index < -0.39 is 0 Å². The van der Waals surface area contributed by atoms with Crippen molar-refractivity contribution >= 4 is 0 Å². The summed E-state index contributed by atoms with van der Waals surface area (Å²) in [6.07, 6.45) is 8.17. The fourth-order valence-electron chi connectivity index (χ4n) is 3.20. The minimum absolute atomic E-state index is 0.0588. The third-order valence-electron chi connectivity index (χ3n) is 4.02. The van der Waals surface area contributed by atoms with E-state index in [0.717, 1.165) is 19.4 Å². The SMILES string of the molecule is CC(N)C(c1cccnc1)N1CCCCC1CCO. The molecule has 106 valence electrons. The lowest BCUT2D eigenvalue weighted by molar-refractivity contribution is 0.0651. The Bertz CT molecular complexity index is 367. The monoisotopic (exact) mass is 263 g/mol. The number of hydrogen-bond donors (Lipinski definition) is 2. The van der Waals surface area contributed by atoms with Crippen LogP contribution in [0.15, 0.2) is 24.5 Å². The van der Waals surface area contributed by atoms with Gasteiger partial charge in [0.15, 0.2) is 0 Å². The van der Waals surface area contributed by atoms with Crippen LogP contribution in [0.4, 0.5) is 0 Å². The second-order valence-electron chi connectivity index (χ2n) is 5.49. The number of nitrogens with two attached hydrogens (primary N) is 1. The topological polar surface area (TPSA) is 62.4 Å². The van der Waals surface area contributed by atoms with Gasteiger partial charge in [0.1, 0.15) is 0 Å². The maximum absolute atomic E-state index is 9.26. The van der Waals surface area contributed by atoms with Crippen LogP contribution in [-0.2, 0) is 0 Å². The molecule has 2 rings (SSSR count). The number of piperidine rings is 1. The molecule has 1 aromatic rings. The predicted molar refractivity (Wildman–Crippen MR) is 76.7 cm³/mol. The summed E-state index contributed by atoms with van der Waals surface area (Å²) in [5.74, 6) is 0. The van der Waals surface area contributed by atoms with Crippen LogP contribution < -0.4 is 5.73 Å². The summed E-state index contributed by atoms with van der Waals surface area (Å²) in [6.45, 7) is 3.37.